The first-order valence-corrected chi connectivity index (χ1v) is 9.52. The van der Waals surface area contributed by atoms with Crippen LogP contribution in [0.25, 0.3) is 0 Å². The Labute approximate surface area is 154 Å². The molecule has 0 unspecified atom stereocenters. The monoisotopic (exact) mass is 429 g/mol. The van der Waals surface area contributed by atoms with Crippen LogP contribution in [0, 0.1) is 0 Å². The largest absolute Gasteiger partial charge is 0.496 e. The Morgan fingerprint density at radius 2 is 1.80 bits per heavy atom. The van der Waals surface area contributed by atoms with E-state index in [0.29, 0.717) is 21.7 Å². The van der Waals surface area contributed by atoms with Gasteiger partial charge in [-0.25, -0.2) is 13.1 Å². The smallest absolute Gasteiger partial charge is 0.244 e. The Balaban J connectivity index is 1.84. The average Bonchev–Trinajstić information content (AvgIpc) is 3.07. The molecule has 0 aromatic heterocycles. The third-order valence-corrected chi connectivity index (χ3v) is 5.67. The molecule has 0 spiro atoms. The lowest BCUT2D eigenvalue weighted by Gasteiger charge is -2.13. The average molecular weight is 430 g/mol. The van der Waals surface area contributed by atoms with E-state index < -0.39 is 10.0 Å². The Hall–Kier alpha value is -1.97. The number of fused-ring (bicyclic) bond motifs is 1. The van der Waals surface area contributed by atoms with Gasteiger partial charge in [-0.15, -0.1) is 0 Å². The van der Waals surface area contributed by atoms with Gasteiger partial charge in [-0.3, -0.25) is 0 Å². The first-order valence-electron chi connectivity index (χ1n) is 7.24. The van der Waals surface area contributed by atoms with Crippen LogP contribution in [0.1, 0.15) is 5.56 Å². The molecular formula is C16H16BrNO6S. The molecule has 1 aliphatic heterocycles. The summed E-state index contributed by atoms with van der Waals surface area (Å²) in [7, 11) is -0.943. The van der Waals surface area contributed by atoms with Gasteiger partial charge in [0.2, 0.25) is 16.8 Å². The highest BCUT2D eigenvalue weighted by atomic mass is 79.9. The van der Waals surface area contributed by atoms with Crippen molar-refractivity contribution >= 4 is 26.0 Å². The van der Waals surface area contributed by atoms with Crippen molar-refractivity contribution in [2.45, 2.75) is 11.4 Å². The first-order chi connectivity index (χ1) is 11.9. The molecule has 1 N–H and O–H groups in total. The second-order valence-electron chi connectivity index (χ2n) is 5.15. The van der Waals surface area contributed by atoms with Crippen LogP contribution in [0.3, 0.4) is 0 Å². The Bertz CT molecular complexity index is 900. The molecule has 7 nitrogen and oxygen atoms in total. The van der Waals surface area contributed by atoms with Gasteiger partial charge in [-0.1, -0.05) is 6.07 Å². The lowest BCUT2D eigenvalue weighted by atomic mass is 10.2. The number of rotatable bonds is 6. The van der Waals surface area contributed by atoms with Crippen LogP contribution >= 0.6 is 15.9 Å². The lowest BCUT2D eigenvalue weighted by molar-refractivity contribution is 0.174. The quantitative estimate of drug-likeness (QED) is 0.759. The molecule has 0 fully saturated rings. The summed E-state index contributed by atoms with van der Waals surface area (Å²) in [5.74, 6) is 1.85. The number of hydrogen-bond acceptors (Lipinski definition) is 6. The molecule has 1 heterocycles. The highest BCUT2D eigenvalue weighted by Crippen LogP contribution is 2.36. The van der Waals surface area contributed by atoms with E-state index in [9.17, 15) is 8.42 Å². The summed E-state index contributed by atoms with van der Waals surface area (Å²) < 4.78 is 49.4. The van der Waals surface area contributed by atoms with E-state index in [1.165, 1.54) is 20.3 Å². The number of nitrogens with one attached hydrogen (secondary N) is 1. The van der Waals surface area contributed by atoms with Gasteiger partial charge in [0.05, 0.1) is 18.7 Å². The van der Waals surface area contributed by atoms with Gasteiger partial charge in [0.25, 0.3) is 0 Å². The van der Waals surface area contributed by atoms with Gasteiger partial charge in [0.15, 0.2) is 11.5 Å². The van der Waals surface area contributed by atoms with E-state index in [0.717, 1.165) is 5.56 Å². The zero-order valence-corrected chi connectivity index (χ0v) is 15.9. The fraction of sp³-hybridized carbons (Fsp3) is 0.250. The van der Waals surface area contributed by atoms with Crippen molar-refractivity contribution in [3.05, 3.63) is 40.4 Å². The van der Waals surface area contributed by atoms with Crippen LogP contribution in [0.2, 0.25) is 0 Å². The van der Waals surface area contributed by atoms with Crippen molar-refractivity contribution in [2.24, 2.45) is 0 Å². The van der Waals surface area contributed by atoms with Gasteiger partial charge >= 0.3 is 0 Å². The molecule has 9 heteroatoms. The predicted octanol–water partition coefficient (Wildman–Crippen LogP) is 2.67. The Morgan fingerprint density at radius 3 is 2.52 bits per heavy atom. The van der Waals surface area contributed by atoms with Crippen LogP contribution in [0.5, 0.6) is 23.0 Å². The van der Waals surface area contributed by atoms with Crippen LogP contribution < -0.4 is 23.7 Å². The molecule has 3 rings (SSSR count). The number of halogens is 1. The Morgan fingerprint density at radius 1 is 1.08 bits per heavy atom. The predicted molar refractivity (Wildman–Crippen MR) is 93.8 cm³/mol. The van der Waals surface area contributed by atoms with Crippen LogP contribution in [0.4, 0.5) is 0 Å². The summed E-state index contributed by atoms with van der Waals surface area (Å²) in [5.41, 5.74) is 0.746. The van der Waals surface area contributed by atoms with Gasteiger partial charge in [0.1, 0.15) is 16.4 Å². The molecule has 0 bridgehead atoms. The third-order valence-electron chi connectivity index (χ3n) is 3.63. The Kier molecular flexibility index (Phi) is 5.07. The van der Waals surface area contributed by atoms with Crippen molar-refractivity contribution in [3.63, 3.8) is 0 Å². The number of ether oxygens (including phenoxy) is 4. The van der Waals surface area contributed by atoms with Crippen molar-refractivity contribution < 1.29 is 27.4 Å². The molecule has 0 aliphatic carbocycles. The van der Waals surface area contributed by atoms with E-state index in [1.54, 1.807) is 24.3 Å². The van der Waals surface area contributed by atoms with E-state index in [2.05, 4.69) is 20.7 Å². The molecule has 134 valence electrons. The zero-order chi connectivity index (χ0) is 18.0. The maximum absolute atomic E-state index is 12.7. The number of methoxy groups -OCH3 is 2. The van der Waals surface area contributed by atoms with E-state index >= 15 is 0 Å². The van der Waals surface area contributed by atoms with Crippen molar-refractivity contribution in [2.75, 3.05) is 21.0 Å². The van der Waals surface area contributed by atoms with E-state index in [-0.39, 0.29) is 24.0 Å². The fourth-order valence-corrected chi connectivity index (χ4v) is 4.02. The molecule has 0 atom stereocenters. The SMILES string of the molecule is COc1cc(S(=O)(=O)NCc2ccc3c(c2)OCO3)c(OC)cc1Br. The summed E-state index contributed by atoms with van der Waals surface area (Å²) in [6, 6.07) is 8.22. The van der Waals surface area contributed by atoms with Crippen molar-refractivity contribution in [1.82, 2.24) is 4.72 Å². The normalized spacial score (nSPS) is 12.9. The topological polar surface area (TPSA) is 83.1 Å². The van der Waals surface area contributed by atoms with E-state index in [4.69, 9.17) is 18.9 Å². The summed E-state index contributed by atoms with van der Waals surface area (Å²) in [6.45, 7) is 0.265. The summed E-state index contributed by atoms with van der Waals surface area (Å²) in [6.07, 6.45) is 0. The molecule has 0 amide bonds. The molecule has 2 aromatic rings. The molecule has 1 aliphatic rings. The van der Waals surface area contributed by atoms with Crippen LogP contribution in [-0.2, 0) is 16.6 Å². The molecule has 25 heavy (non-hydrogen) atoms. The summed E-state index contributed by atoms with van der Waals surface area (Å²) in [5, 5.41) is 0. The second-order valence-corrected chi connectivity index (χ2v) is 7.74. The molecule has 0 saturated carbocycles. The fourth-order valence-electron chi connectivity index (χ4n) is 2.35. The minimum absolute atomic E-state index is 0.00390. The summed E-state index contributed by atoms with van der Waals surface area (Å²) >= 11 is 3.31. The molecular weight excluding hydrogens is 414 g/mol. The number of benzene rings is 2. The van der Waals surface area contributed by atoms with E-state index in [1.807, 2.05) is 0 Å². The van der Waals surface area contributed by atoms with Gasteiger partial charge in [-0.05, 0) is 39.7 Å². The van der Waals surface area contributed by atoms with Gasteiger partial charge in [-0.2, -0.15) is 0 Å². The minimum Gasteiger partial charge on any atom is -0.496 e. The highest BCUT2D eigenvalue weighted by molar-refractivity contribution is 9.10. The zero-order valence-electron chi connectivity index (χ0n) is 13.5. The molecule has 0 radical (unpaired) electrons. The third kappa shape index (κ3) is 3.68. The molecule has 0 saturated heterocycles. The summed E-state index contributed by atoms with van der Waals surface area (Å²) in [4.78, 5) is -0.00390. The standard InChI is InChI=1S/C16H16BrNO6S/c1-21-13-7-16(15(22-2)6-11(13)17)25(19,20)18-8-10-3-4-12-14(5-10)24-9-23-12/h3-7,18H,8-9H2,1-2H3. The second kappa shape index (κ2) is 7.11. The maximum Gasteiger partial charge on any atom is 0.244 e. The highest BCUT2D eigenvalue weighted by Gasteiger charge is 2.22. The van der Waals surface area contributed by atoms with Crippen molar-refractivity contribution in [1.29, 1.82) is 0 Å². The maximum atomic E-state index is 12.7. The first kappa shape index (κ1) is 17.8. The number of hydrogen-bond donors (Lipinski definition) is 1. The van der Waals surface area contributed by atoms with Crippen LogP contribution in [-0.4, -0.2) is 29.4 Å². The minimum atomic E-state index is -3.81. The van der Waals surface area contributed by atoms with Gasteiger partial charge in [0, 0.05) is 12.6 Å². The van der Waals surface area contributed by atoms with Crippen LogP contribution in [0.15, 0.2) is 39.7 Å². The number of sulfonamides is 1. The lowest BCUT2D eigenvalue weighted by Crippen LogP contribution is -2.23. The molecule has 2 aromatic carbocycles. The van der Waals surface area contributed by atoms with Gasteiger partial charge < -0.3 is 18.9 Å². The van der Waals surface area contributed by atoms with Crippen molar-refractivity contribution in [3.8, 4) is 23.0 Å².